The molecule has 2 heteroatoms. The van der Waals surface area contributed by atoms with Crippen molar-refractivity contribution >= 4 is 19.4 Å². The predicted octanol–water partition coefficient (Wildman–Crippen LogP) is 4.63. The summed E-state index contributed by atoms with van der Waals surface area (Å²) in [6.07, 6.45) is 1.23. The normalized spacial score (nSPS) is 23.2. The van der Waals surface area contributed by atoms with Crippen LogP contribution < -0.4 is 4.46 Å². The molecule has 3 aromatic carbocycles. The number of benzene rings is 3. The molecule has 1 saturated heterocycles. The van der Waals surface area contributed by atoms with Gasteiger partial charge in [-0.2, -0.15) is 0 Å². The van der Waals surface area contributed by atoms with Crippen molar-refractivity contribution in [2.24, 2.45) is 0 Å². The third-order valence-corrected chi connectivity index (χ3v) is 7.91. The van der Waals surface area contributed by atoms with E-state index in [0.717, 1.165) is 11.4 Å². The van der Waals surface area contributed by atoms with Crippen LogP contribution in [0.5, 0.6) is 0 Å². The molecule has 1 aliphatic heterocycles. The number of hydrogen-bond donors (Lipinski definition) is 0. The molecule has 2 atom stereocenters. The molecule has 0 radical (unpaired) electrons. The maximum atomic E-state index is 2.70. The van der Waals surface area contributed by atoms with E-state index in [-0.39, 0.29) is 5.54 Å². The first kappa shape index (κ1) is 17.5. The number of nitrogens with zero attached hydrogens (tertiary/aromatic N) is 1. The average Bonchev–Trinajstić information content (AvgIpc) is 3.00. The molecule has 0 spiro atoms. The Morgan fingerprint density at radius 3 is 2.08 bits per heavy atom. The van der Waals surface area contributed by atoms with E-state index in [1.165, 1.54) is 28.6 Å². The van der Waals surface area contributed by atoms with Gasteiger partial charge in [0.25, 0.3) is 0 Å². The standard InChI is InChI=1S/C24H25NSe/c1-24(21-13-7-3-8-14-21)17-23(26-22-15-9-4-10-16-22)19-25(24)18-20-11-5-2-6-12-20/h2-16,23H,17-19H2,1H3. The molecule has 1 heterocycles. The summed E-state index contributed by atoms with van der Waals surface area (Å²) in [7, 11) is 0. The second-order valence-corrected chi connectivity index (χ2v) is 10.1. The monoisotopic (exact) mass is 407 g/mol. The number of likely N-dealkylation sites (tertiary alicyclic amines) is 1. The van der Waals surface area contributed by atoms with Gasteiger partial charge in [-0.3, -0.25) is 0 Å². The van der Waals surface area contributed by atoms with E-state index in [1.807, 2.05) is 0 Å². The first-order valence-electron chi connectivity index (χ1n) is 9.30. The van der Waals surface area contributed by atoms with Crippen LogP contribution in [0.3, 0.4) is 0 Å². The Labute approximate surface area is 163 Å². The summed E-state index contributed by atoms with van der Waals surface area (Å²) in [6.45, 7) is 4.63. The summed E-state index contributed by atoms with van der Waals surface area (Å²) < 4.78 is 1.52. The molecule has 0 N–H and O–H groups in total. The van der Waals surface area contributed by atoms with Crippen molar-refractivity contribution in [1.29, 1.82) is 0 Å². The molecule has 3 aromatic rings. The van der Waals surface area contributed by atoms with Crippen LogP contribution in [0, 0.1) is 0 Å². The second-order valence-electron chi connectivity index (χ2n) is 7.26. The Hall–Kier alpha value is -1.86. The molecular formula is C24H25NSe. The van der Waals surface area contributed by atoms with E-state index in [9.17, 15) is 0 Å². The van der Waals surface area contributed by atoms with Gasteiger partial charge in [0.1, 0.15) is 0 Å². The van der Waals surface area contributed by atoms with Gasteiger partial charge in [0, 0.05) is 0 Å². The Morgan fingerprint density at radius 1 is 0.846 bits per heavy atom. The Bertz CT molecular complexity index is 819. The Balaban J connectivity index is 1.60. The van der Waals surface area contributed by atoms with E-state index in [4.69, 9.17) is 0 Å². The summed E-state index contributed by atoms with van der Waals surface area (Å²) >= 11 is 0.517. The van der Waals surface area contributed by atoms with E-state index >= 15 is 0 Å². The summed E-state index contributed by atoms with van der Waals surface area (Å²) in [4.78, 5) is 3.45. The minimum absolute atomic E-state index is 0.109. The molecule has 0 amide bonds. The van der Waals surface area contributed by atoms with Crippen molar-refractivity contribution in [1.82, 2.24) is 4.90 Å². The summed E-state index contributed by atoms with van der Waals surface area (Å²) in [6, 6.07) is 33.0. The fourth-order valence-electron chi connectivity index (χ4n) is 4.00. The van der Waals surface area contributed by atoms with Crippen LogP contribution in [0.2, 0.25) is 4.82 Å². The molecular weight excluding hydrogens is 381 g/mol. The van der Waals surface area contributed by atoms with Gasteiger partial charge in [-0.25, -0.2) is 0 Å². The molecule has 1 aliphatic rings. The predicted molar refractivity (Wildman–Crippen MR) is 111 cm³/mol. The summed E-state index contributed by atoms with van der Waals surface area (Å²) in [5.41, 5.74) is 2.96. The molecule has 0 bridgehead atoms. The summed E-state index contributed by atoms with van der Waals surface area (Å²) in [5, 5.41) is 0. The topological polar surface area (TPSA) is 3.24 Å². The van der Waals surface area contributed by atoms with Crippen LogP contribution >= 0.6 is 0 Å². The molecule has 26 heavy (non-hydrogen) atoms. The fraction of sp³-hybridized carbons (Fsp3) is 0.250. The van der Waals surface area contributed by atoms with Crippen LogP contribution in [-0.2, 0) is 12.1 Å². The van der Waals surface area contributed by atoms with Gasteiger partial charge >= 0.3 is 163 Å². The van der Waals surface area contributed by atoms with Gasteiger partial charge in [0.2, 0.25) is 0 Å². The van der Waals surface area contributed by atoms with Crippen molar-refractivity contribution < 1.29 is 0 Å². The summed E-state index contributed by atoms with van der Waals surface area (Å²) in [5.74, 6) is 0. The molecule has 4 rings (SSSR count). The van der Waals surface area contributed by atoms with Crippen LogP contribution in [0.4, 0.5) is 0 Å². The molecule has 132 valence electrons. The van der Waals surface area contributed by atoms with Crippen molar-refractivity contribution in [2.45, 2.75) is 30.2 Å². The first-order chi connectivity index (χ1) is 12.7. The van der Waals surface area contributed by atoms with E-state index in [0.29, 0.717) is 15.0 Å². The van der Waals surface area contributed by atoms with Gasteiger partial charge < -0.3 is 0 Å². The van der Waals surface area contributed by atoms with Crippen molar-refractivity contribution in [3.05, 3.63) is 102 Å². The van der Waals surface area contributed by atoms with E-state index < -0.39 is 0 Å². The Morgan fingerprint density at radius 2 is 1.42 bits per heavy atom. The van der Waals surface area contributed by atoms with Gasteiger partial charge in [-0.1, -0.05) is 0 Å². The van der Waals surface area contributed by atoms with E-state index in [1.54, 1.807) is 0 Å². The van der Waals surface area contributed by atoms with Crippen LogP contribution in [0.15, 0.2) is 91.0 Å². The van der Waals surface area contributed by atoms with Gasteiger partial charge in [0.05, 0.1) is 0 Å². The average molecular weight is 406 g/mol. The third kappa shape index (κ3) is 3.78. The molecule has 2 unspecified atom stereocenters. The zero-order valence-electron chi connectivity index (χ0n) is 15.2. The SMILES string of the molecule is CC1(c2ccccc2)CC([Se]c2ccccc2)CN1Cc1ccccc1. The maximum absolute atomic E-state index is 2.70. The minimum atomic E-state index is 0.109. The van der Waals surface area contributed by atoms with Gasteiger partial charge in [0.15, 0.2) is 0 Å². The Kier molecular flexibility index (Phi) is 5.26. The van der Waals surface area contributed by atoms with Crippen molar-refractivity contribution in [3.63, 3.8) is 0 Å². The zero-order chi connectivity index (χ0) is 17.8. The fourth-order valence-corrected chi connectivity index (χ4v) is 6.85. The van der Waals surface area contributed by atoms with Crippen LogP contribution in [-0.4, -0.2) is 26.4 Å². The molecule has 0 saturated carbocycles. The van der Waals surface area contributed by atoms with Crippen molar-refractivity contribution in [3.8, 4) is 0 Å². The second kappa shape index (κ2) is 7.80. The molecule has 1 fully saturated rings. The number of rotatable bonds is 5. The zero-order valence-corrected chi connectivity index (χ0v) is 16.9. The van der Waals surface area contributed by atoms with Crippen LogP contribution in [0.1, 0.15) is 24.5 Å². The van der Waals surface area contributed by atoms with Crippen LogP contribution in [0.25, 0.3) is 0 Å². The van der Waals surface area contributed by atoms with Gasteiger partial charge in [-0.15, -0.1) is 0 Å². The van der Waals surface area contributed by atoms with Gasteiger partial charge in [-0.05, 0) is 0 Å². The molecule has 0 aliphatic carbocycles. The quantitative estimate of drug-likeness (QED) is 0.559. The number of hydrogen-bond acceptors (Lipinski definition) is 1. The molecule has 1 nitrogen and oxygen atoms in total. The third-order valence-electron chi connectivity index (χ3n) is 5.41. The van der Waals surface area contributed by atoms with E-state index in [2.05, 4.69) is 103 Å². The molecule has 0 aromatic heterocycles. The van der Waals surface area contributed by atoms with Crippen molar-refractivity contribution in [2.75, 3.05) is 6.54 Å². The first-order valence-corrected chi connectivity index (χ1v) is 11.1.